The number of hydrogen-bond donors (Lipinski definition) is 1. The third kappa shape index (κ3) is 5.72. The van der Waals surface area contributed by atoms with E-state index in [0.29, 0.717) is 24.5 Å². The van der Waals surface area contributed by atoms with E-state index < -0.39 is 11.8 Å². The fourth-order valence-corrected chi connectivity index (χ4v) is 3.39. The predicted octanol–water partition coefficient (Wildman–Crippen LogP) is 4.64. The van der Waals surface area contributed by atoms with Crippen LogP contribution in [0.5, 0.6) is 0 Å². The Labute approximate surface area is 180 Å². The minimum atomic E-state index is -0.431. The minimum Gasteiger partial charge on any atom is -0.467 e. The first kappa shape index (κ1) is 20.7. The zero-order valence-corrected chi connectivity index (χ0v) is 17.0. The highest BCUT2D eigenvalue weighted by molar-refractivity contribution is 5.92. The second kappa shape index (κ2) is 9.47. The zero-order chi connectivity index (χ0) is 21.6. The van der Waals surface area contributed by atoms with Crippen molar-refractivity contribution in [3.05, 3.63) is 90.1 Å². The molecule has 1 N–H and O–H groups in total. The van der Waals surface area contributed by atoms with Crippen LogP contribution >= 0.6 is 0 Å². The van der Waals surface area contributed by atoms with E-state index in [1.807, 2.05) is 36.4 Å². The Morgan fingerprint density at radius 1 is 1.00 bits per heavy atom. The van der Waals surface area contributed by atoms with E-state index in [4.69, 9.17) is 4.42 Å². The molecular weight excluding hydrogens is 397 g/mol. The van der Waals surface area contributed by atoms with Crippen molar-refractivity contribution < 1.29 is 18.4 Å². The molecule has 1 aliphatic rings. The number of furan rings is 1. The number of amides is 3. The van der Waals surface area contributed by atoms with Gasteiger partial charge in [-0.2, -0.15) is 0 Å². The van der Waals surface area contributed by atoms with Crippen molar-refractivity contribution in [3.63, 3.8) is 0 Å². The molecular formula is C24H24FN3O3. The maximum absolute atomic E-state index is 13.5. The van der Waals surface area contributed by atoms with Gasteiger partial charge in [-0.1, -0.05) is 36.4 Å². The summed E-state index contributed by atoms with van der Waals surface area (Å²) in [5, 5.41) is 2.70. The van der Waals surface area contributed by atoms with E-state index in [1.54, 1.807) is 23.3 Å². The first-order chi connectivity index (χ1) is 15.1. The van der Waals surface area contributed by atoms with Gasteiger partial charge in [0.25, 0.3) is 0 Å². The second-order valence-electron chi connectivity index (χ2n) is 7.61. The summed E-state index contributed by atoms with van der Waals surface area (Å²) < 4.78 is 18.9. The molecule has 0 unspecified atom stereocenters. The molecule has 1 saturated carbocycles. The van der Waals surface area contributed by atoms with Gasteiger partial charge in [-0.05, 0) is 48.7 Å². The van der Waals surface area contributed by atoms with E-state index in [1.165, 1.54) is 23.1 Å². The maximum Gasteiger partial charge on any atom is 0.322 e. The van der Waals surface area contributed by atoms with E-state index in [2.05, 4.69) is 5.32 Å². The van der Waals surface area contributed by atoms with Crippen LogP contribution in [0.2, 0.25) is 0 Å². The van der Waals surface area contributed by atoms with E-state index >= 15 is 0 Å². The van der Waals surface area contributed by atoms with Crippen LogP contribution in [0.15, 0.2) is 77.4 Å². The molecule has 1 heterocycles. The van der Waals surface area contributed by atoms with Crippen molar-refractivity contribution in [1.29, 1.82) is 0 Å². The third-order valence-electron chi connectivity index (χ3n) is 5.13. The summed E-state index contributed by atoms with van der Waals surface area (Å²) in [7, 11) is 0. The predicted molar refractivity (Wildman–Crippen MR) is 115 cm³/mol. The van der Waals surface area contributed by atoms with Crippen LogP contribution in [-0.2, 0) is 17.9 Å². The quantitative estimate of drug-likeness (QED) is 0.576. The highest BCUT2D eigenvalue weighted by Gasteiger charge is 2.35. The Hall–Kier alpha value is -3.61. The summed E-state index contributed by atoms with van der Waals surface area (Å²) >= 11 is 0. The number of nitrogens with zero attached hydrogens (tertiary/aromatic N) is 2. The Morgan fingerprint density at radius 3 is 2.48 bits per heavy atom. The lowest BCUT2D eigenvalue weighted by atomic mass is 10.2. The van der Waals surface area contributed by atoms with Crippen LogP contribution in [0, 0.1) is 5.82 Å². The maximum atomic E-state index is 13.5. The van der Waals surface area contributed by atoms with Crippen molar-refractivity contribution in [1.82, 2.24) is 9.80 Å². The van der Waals surface area contributed by atoms with Crippen molar-refractivity contribution in [2.75, 3.05) is 11.9 Å². The van der Waals surface area contributed by atoms with Crippen molar-refractivity contribution in [2.45, 2.75) is 32.0 Å². The van der Waals surface area contributed by atoms with Gasteiger partial charge >= 0.3 is 6.03 Å². The number of urea groups is 1. The molecule has 0 aliphatic heterocycles. The molecule has 0 atom stereocenters. The number of nitrogens with one attached hydrogen (secondary N) is 1. The van der Waals surface area contributed by atoms with E-state index in [-0.39, 0.29) is 18.5 Å². The summed E-state index contributed by atoms with van der Waals surface area (Å²) in [6, 6.07) is 18.6. The van der Waals surface area contributed by atoms with Crippen molar-refractivity contribution in [2.24, 2.45) is 0 Å². The van der Waals surface area contributed by atoms with Crippen molar-refractivity contribution in [3.8, 4) is 0 Å². The van der Waals surface area contributed by atoms with E-state index in [9.17, 15) is 14.0 Å². The fourth-order valence-electron chi connectivity index (χ4n) is 3.39. The van der Waals surface area contributed by atoms with Crippen LogP contribution in [-0.4, -0.2) is 34.3 Å². The van der Waals surface area contributed by atoms with Gasteiger partial charge in [-0.3, -0.25) is 4.79 Å². The SMILES string of the molecule is O=C(CN(C(=O)Nc1cccc(F)c1)C1CC1)N(Cc1ccccc1)Cc1ccco1. The largest absolute Gasteiger partial charge is 0.467 e. The Morgan fingerprint density at radius 2 is 1.81 bits per heavy atom. The van der Waals surface area contributed by atoms with Gasteiger partial charge in [0, 0.05) is 18.3 Å². The Bertz CT molecular complexity index is 1020. The van der Waals surface area contributed by atoms with Gasteiger partial charge < -0.3 is 19.5 Å². The number of carbonyl (C=O) groups excluding carboxylic acids is 2. The van der Waals surface area contributed by atoms with Crippen molar-refractivity contribution >= 4 is 17.6 Å². The second-order valence-corrected chi connectivity index (χ2v) is 7.61. The molecule has 4 rings (SSSR count). The van der Waals surface area contributed by atoms with Crippen LogP contribution in [0.1, 0.15) is 24.2 Å². The number of halogens is 1. The normalized spacial score (nSPS) is 12.9. The molecule has 7 heteroatoms. The average Bonchev–Trinajstić information content (AvgIpc) is 3.47. The monoisotopic (exact) mass is 421 g/mol. The summed E-state index contributed by atoms with van der Waals surface area (Å²) in [6.07, 6.45) is 3.27. The molecule has 6 nitrogen and oxygen atoms in total. The topological polar surface area (TPSA) is 65.8 Å². The molecule has 0 bridgehead atoms. The van der Waals surface area contributed by atoms with Gasteiger partial charge in [-0.25, -0.2) is 9.18 Å². The highest BCUT2D eigenvalue weighted by Crippen LogP contribution is 2.28. The molecule has 1 fully saturated rings. The third-order valence-corrected chi connectivity index (χ3v) is 5.13. The number of benzene rings is 2. The zero-order valence-electron chi connectivity index (χ0n) is 17.0. The molecule has 0 saturated heterocycles. The van der Waals surface area contributed by atoms with Crippen LogP contribution in [0.3, 0.4) is 0 Å². The number of anilines is 1. The molecule has 0 spiro atoms. The summed E-state index contributed by atoms with van der Waals surface area (Å²) in [5.74, 6) is 0.0624. The Balaban J connectivity index is 1.47. The van der Waals surface area contributed by atoms with Gasteiger partial charge in [0.2, 0.25) is 5.91 Å². The van der Waals surface area contributed by atoms with E-state index in [0.717, 1.165) is 18.4 Å². The number of hydrogen-bond acceptors (Lipinski definition) is 3. The minimum absolute atomic E-state index is 0.0136. The van der Waals surface area contributed by atoms with Crippen LogP contribution in [0.4, 0.5) is 14.9 Å². The summed E-state index contributed by atoms with van der Waals surface area (Å²) in [6.45, 7) is 0.661. The number of carbonyl (C=O) groups is 2. The van der Waals surface area contributed by atoms with Gasteiger partial charge in [0.15, 0.2) is 0 Å². The van der Waals surface area contributed by atoms with Crippen LogP contribution < -0.4 is 5.32 Å². The number of rotatable bonds is 8. The lowest BCUT2D eigenvalue weighted by Crippen LogP contribution is -2.45. The summed E-state index contributed by atoms with van der Waals surface area (Å²) in [5.41, 5.74) is 1.35. The first-order valence-electron chi connectivity index (χ1n) is 10.3. The van der Waals surface area contributed by atoms with Crippen LogP contribution in [0.25, 0.3) is 0 Å². The first-order valence-corrected chi connectivity index (χ1v) is 10.3. The molecule has 3 aromatic rings. The molecule has 1 aliphatic carbocycles. The Kier molecular flexibility index (Phi) is 6.31. The van der Waals surface area contributed by atoms with Gasteiger partial charge in [0.05, 0.1) is 12.8 Å². The molecule has 1 aromatic heterocycles. The molecule has 160 valence electrons. The fraction of sp³-hybridized carbons (Fsp3) is 0.250. The summed E-state index contributed by atoms with van der Waals surface area (Å²) in [4.78, 5) is 29.3. The standard InChI is InChI=1S/C24H24FN3O3/c25-19-8-4-9-20(14-19)26-24(30)28(21-11-12-21)17-23(29)27(16-22-10-5-13-31-22)15-18-6-2-1-3-7-18/h1-10,13-14,21H,11-12,15-17H2,(H,26,30). The average molecular weight is 421 g/mol. The molecule has 2 aromatic carbocycles. The highest BCUT2D eigenvalue weighted by atomic mass is 19.1. The van der Waals surface area contributed by atoms with Gasteiger partial charge in [0.1, 0.15) is 18.1 Å². The molecule has 0 radical (unpaired) electrons. The smallest absolute Gasteiger partial charge is 0.322 e. The van der Waals surface area contributed by atoms with Gasteiger partial charge in [-0.15, -0.1) is 0 Å². The molecule has 3 amide bonds. The molecule has 31 heavy (non-hydrogen) atoms. The lowest BCUT2D eigenvalue weighted by molar-refractivity contribution is -0.133. The lowest BCUT2D eigenvalue weighted by Gasteiger charge is -2.27.